The monoisotopic (exact) mass is 877 g/mol. The lowest BCUT2D eigenvalue weighted by molar-refractivity contribution is -0.167. The van der Waals surface area contributed by atoms with E-state index in [1.54, 1.807) is 0 Å². The van der Waals surface area contributed by atoms with E-state index in [-0.39, 0.29) is 44.0 Å². The molecule has 0 aliphatic rings. The van der Waals surface area contributed by atoms with Crippen molar-refractivity contribution >= 4 is 17.9 Å². The molecule has 6 heteroatoms. The molecule has 0 aromatic heterocycles. The van der Waals surface area contributed by atoms with Crippen molar-refractivity contribution in [2.45, 2.75) is 162 Å². The summed E-state index contributed by atoms with van der Waals surface area (Å²) in [5, 5.41) is 0. The highest BCUT2D eigenvalue weighted by molar-refractivity contribution is 5.71. The summed E-state index contributed by atoms with van der Waals surface area (Å²) in [5.41, 5.74) is 0. The van der Waals surface area contributed by atoms with Crippen LogP contribution in [0.25, 0.3) is 0 Å². The number of esters is 3. The molecule has 352 valence electrons. The third-order valence-corrected chi connectivity index (χ3v) is 9.29. The van der Waals surface area contributed by atoms with Gasteiger partial charge in [0, 0.05) is 19.3 Å². The van der Waals surface area contributed by atoms with Gasteiger partial charge >= 0.3 is 17.9 Å². The zero-order valence-electron chi connectivity index (χ0n) is 40.0. The molecule has 0 amide bonds. The van der Waals surface area contributed by atoms with Crippen molar-refractivity contribution in [3.05, 3.63) is 170 Å². The van der Waals surface area contributed by atoms with Crippen molar-refractivity contribution in [2.24, 2.45) is 0 Å². The summed E-state index contributed by atoms with van der Waals surface area (Å²) < 4.78 is 16.6. The van der Waals surface area contributed by atoms with Crippen molar-refractivity contribution in [1.29, 1.82) is 0 Å². The summed E-state index contributed by atoms with van der Waals surface area (Å²) in [6.45, 7) is 6.14. The molecular formula is C58H84O6. The second kappa shape index (κ2) is 50.4. The second-order valence-corrected chi connectivity index (χ2v) is 15.2. The molecule has 0 saturated carbocycles. The summed E-state index contributed by atoms with van der Waals surface area (Å²) >= 11 is 0. The molecule has 0 aliphatic carbocycles. The normalized spacial score (nSPS) is 13.6. The van der Waals surface area contributed by atoms with Crippen LogP contribution in [0.4, 0.5) is 0 Å². The molecule has 0 heterocycles. The Morgan fingerprint density at radius 2 is 0.625 bits per heavy atom. The lowest BCUT2D eigenvalue weighted by Crippen LogP contribution is -2.30. The number of allylic oxidation sites excluding steroid dienone is 28. The summed E-state index contributed by atoms with van der Waals surface area (Å²) in [7, 11) is 0. The highest BCUT2D eigenvalue weighted by Gasteiger charge is 2.19. The van der Waals surface area contributed by atoms with Crippen LogP contribution < -0.4 is 0 Å². The standard InChI is InChI=1S/C58H84O6/c1-4-7-10-13-16-19-22-25-27-28-29-31-33-36-39-42-45-48-51-57(60)63-54-55(53-62-56(59)50-47-44-41-38-35-32-24-21-18-15-12-9-6-3)64-58(61)52-49-46-43-40-37-34-30-26-23-20-17-14-11-8-5-2/h8-9,11-12,14-32,34-35,37-38,41,55H,4-7,10,13,33,36,39-40,42-54H2,1-3H3/b11-8+,12-9+,17-14+,18-15+,19-16+,23-20+,24-21+,25-22+,28-27+,30-26+,31-29+,35-32+,37-34+,41-38+. The van der Waals surface area contributed by atoms with Gasteiger partial charge in [-0.1, -0.05) is 229 Å². The summed E-state index contributed by atoms with van der Waals surface area (Å²) in [6.07, 6.45) is 74.8. The number of carbonyl (C=O) groups excluding carboxylic acids is 3. The maximum Gasteiger partial charge on any atom is 0.306 e. The second-order valence-electron chi connectivity index (χ2n) is 15.2. The van der Waals surface area contributed by atoms with E-state index in [2.05, 4.69) is 81.5 Å². The van der Waals surface area contributed by atoms with Crippen molar-refractivity contribution < 1.29 is 28.6 Å². The first kappa shape index (κ1) is 58.8. The first-order valence-electron chi connectivity index (χ1n) is 24.3. The van der Waals surface area contributed by atoms with E-state index >= 15 is 0 Å². The molecule has 0 saturated heterocycles. The molecule has 0 aromatic rings. The van der Waals surface area contributed by atoms with Gasteiger partial charge in [0.1, 0.15) is 13.2 Å². The topological polar surface area (TPSA) is 78.9 Å². The predicted octanol–water partition coefficient (Wildman–Crippen LogP) is 16.0. The van der Waals surface area contributed by atoms with Gasteiger partial charge in [0.05, 0.1) is 0 Å². The number of unbranched alkanes of at least 4 members (excludes halogenated alkanes) is 12. The van der Waals surface area contributed by atoms with Gasteiger partial charge in [0.25, 0.3) is 0 Å². The molecular weight excluding hydrogens is 793 g/mol. The van der Waals surface area contributed by atoms with Crippen LogP contribution in [0, 0.1) is 0 Å². The Balaban J connectivity index is 4.66. The number of carbonyl (C=O) groups is 3. The molecule has 0 spiro atoms. The Bertz CT molecular complexity index is 1570. The van der Waals surface area contributed by atoms with Gasteiger partial charge in [-0.05, 0) is 77.0 Å². The van der Waals surface area contributed by atoms with Gasteiger partial charge in [0.15, 0.2) is 6.10 Å². The highest BCUT2D eigenvalue weighted by atomic mass is 16.6. The van der Waals surface area contributed by atoms with Gasteiger partial charge in [0.2, 0.25) is 0 Å². The van der Waals surface area contributed by atoms with Crippen LogP contribution in [-0.2, 0) is 28.6 Å². The SMILES string of the molecule is CC/C=C/C=C/C=C/C=C/C=C/CCCCCC(=O)OC(COC(=O)CCC/C=C/C=C/C=C/C=C/C=C/CC)COC(=O)CCCCCCC/C=C/C=C/C=C/C=C/CCCCC. The van der Waals surface area contributed by atoms with Gasteiger partial charge < -0.3 is 14.2 Å². The van der Waals surface area contributed by atoms with E-state index in [0.717, 1.165) is 83.5 Å². The minimum absolute atomic E-state index is 0.140. The molecule has 0 rings (SSSR count). The van der Waals surface area contributed by atoms with Crippen LogP contribution in [0.1, 0.15) is 156 Å². The molecule has 1 atom stereocenters. The van der Waals surface area contributed by atoms with Crippen LogP contribution >= 0.6 is 0 Å². The largest absolute Gasteiger partial charge is 0.462 e. The van der Waals surface area contributed by atoms with E-state index in [0.29, 0.717) is 19.3 Å². The Morgan fingerprint density at radius 3 is 1.03 bits per heavy atom. The smallest absolute Gasteiger partial charge is 0.306 e. The molecule has 6 nitrogen and oxygen atoms in total. The van der Waals surface area contributed by atoms with Gasteiger partial charge in [-0.15, -0.1) is 0 Å². The molecule has 0 bridgehead atoms. The molecule has 0 fully saturated rings. The van der Waals surface area contributed by atoms with E-state index in [9.17, 15) is 14.4 Å². The first-order chi connectivity index (χ1) is 31.5. The number of rotatable bonds is 40. The van der Waals surface area contributed by atoms with Crippen LogP contribution in [0.15, 0.2) is 170 Å². The third-order valence-electron chi connectivity index (χ3n) is 9.29. The zero-order valence-corrected chi connectivity index (χ0v) is 40.0. The number of ether oxygens (including phenoxy) is 3. The van der Waals surface area contributed by atoms with Crippen molar-refractivity contribution in [3.63, 3.8) is 0 Å². The van der Waals surface area contributed by atoms with Crippen molar-refractivity contribution in [1.82, 2.24) is 0 Å². The third kappa shape index (κ3) is 47.8. The van der Waals surface area contributed by atoms with Crippen LogP contribution in [0.2, 0.25) is 0 Å². The van der Waals surface area contributed by atoms with E-state index in [1.807, 2.05) is 109 Å². The minimum Gasteiger partial charge on any atom is -0.462 e. The molecule has 0 aliphatic heterocycles. The predicted molar refractivity (Wildman–Crippen MR) is 274 cm³/mol. The first-order valence-corrected chi connectivity index (χ1v) is 24.3. The van der Waals surface area contributed by atoms with Crippen molar-refractivity contribution in [2.75, 3.05) is 13.2 Å². The Labute approximate surface area is 390 Å². The maximum absolute atomic E-state index is 12.8. The fourth-order valence-corrected chi connectivity index (χ4v) is 5.68. The van der Waals surface area contributed by atoms with Crippen molar-refractivity contribution in [3.8, 4) is 0 Å². The number of hydrogen-bond acceptors (Lipinski definition) is 6. The van der Waals surface area contributed by atoms with E-state index < -0.39 is 6.10 Å². The fourth-order valence-electron chi connectivity index (χ4n) is 5.68. The number of hydrogen-bond donors (Lipinski definition) is 0. The Morgan fingerprint density at radius 1 is 0.328 bits per heavy atom. The summed E-state index contributed by atoms with van der Waals surface area (Å²) in [5.74, 6) is -1.10. The average Bonchev–Trinajstić information content (AvgIpc) is 3.29. The van der Waals surface area contributed by atoms with E-state index in [4.69, 9.17) is 14.2 Å². The summed E-state index contributed by atoms with van der Waals surface area (Å²) in [6, 6.07) is 0. The van der Waals surface area contributed by atoms with Crippen LogP contribution in [0.5, 0.6) is 0 Å². The average molecular weight is 877 g/mol. The molecule has 0 radical (unpaired) electrons. The van der Waals surface area contributed by atoms with Crippen LogP contribution in [0.3, 0.4) is 0 Å². The van der Waals surface area contributed by atoms with E-state index in [1.165, 1.54) is 19.3 Å². The fraction of sp³-hybridized carbons (Fsp3) is 0.466. The summed E-state index contributed by atoms with van der Waals surface area (Å²) in [4.78, 5) is 37.9. The van der Waals surface area contributed by atoms with Gasteiger partial charge in [-0.2, -0.15) is 0 Å². The lowest BCUT2D eigenvalue weighted by Gasteiger charge is -2.18. The molecule has 0 N–H and O–H groups in total. The quantitative estimate of drug-likeness (QED) is 0.0264. The molecule has 1 unspecified atom stereocenters. The highest BCUT2D eigenvalue weighted by Crippen LogP contribution is 2.11. The zero-order chi connectivity index (χ0) is 46.5. The molecule has 64 heavy (non-hydrogen) atoms. The van der Waals surface area contributed by atoms with Crippen LogP contribution in [-0.4, -0.2) is 37.2 Å². The van der Waals surface area contributed by atoms with Gasteiger partial charge in [-0.3, -0.25) is 14.4 Å². The Kier molecular flexibility index (Phi) is 46.3. The minimum atomic E-state index is -0.848. The van der Waals surface area contributed by atoms with Gasteiger partial charge in [-0.25, -0.2) is 0 Å². The molecule has 0 aromatic carbocycles. The Hall–Kier alpha value is -5.23. The lowest BCUT2D eigenvalue weighted by atomic mass is 10.1. The maximum atomic E-state index is 12.8.